The third-order valence-corrected chi connectivity index (χ3v) is 4.87. The van der Waals surface area contributed by atoms with Gasteiger partial charge in [0.2, 0.25) is 11.7 Å². The molecule has 29 heavy (non-hydrogen) atoms. The molecular formula is C20H33NO8. The minimum atomic E-state index is -1.23. The van der Waals surface area contributed by atoms with E-state index in [1.54, 1.807) is 0 Å². The standard InChI is InChI=1S/C20H33NO8/c1-5-6-7-8-9-10-11-25-19-16(21-13(2)22)17(27-14(3)23)18(28-15(4)24)20(29-19)12-26-20/h16-19H,5-12H2,1-4H3,(H,21,22)/t16-,17-,18+,19-,20?/m1/s1. The van der Waals surface area contributed by atoms with E-state index in [-0.39, 0.29) is 12.5 Å². The number of unbranched alkanes of at least 4 members (excludes halogenated alkanes) is 5. The van der Waals surface area contributed by atoms with Crippen molar-refractivity contribution in [2.75, 3.05) is 13.2 Å². The Hall–Kier alpha value is -1.71. The molecule has 2 rings (SSSR count). The Morgan fingerprint density at radius 2 is 1.62 bits per heavy atom. The fourth-order valence-electron chi connectivity index (χ4n) is 3.50. The zero-order valence-electron chi connectivity index (χ0n) is 17.7. The second kappa shape index (κ2) is 10.9. The van der Waals surface area contributed by atoms with Gasteiger partial charge in [-0.1, -0.05) is 39.0 Å². The highest BCUT2D eigenvalue weighted by atomic mass is 16.9. The molecule has 0 saturated carbocycles. The fourth-order valence-corrected chi connectivity index (χ4v) is 3.50. The number of esters is 2. The van der Waals surface area contributed by atoms with E-state index in [0.29, 0.717) is 6.61 Å². The molecule has 0 radical (unpaired) electrons. The van der Waals surface area contributed by atoms with Gasteiger partial charge < -0.3 is 29.0 Å². The van der Waals surface area contributed by atoms with Crippen LogP contribution in [0.5, 0.6) is 0 Å². The van der Waals surface area contributed by atoms with Gasteiger partial charge in [0.1, 0.15) is 12.6 Å². The lowest BCUT2D eigenvalue weighted by atomic mass is 9.96. The lowest BCUT2D eigenvalue weighted by Crippen LogP contribution is -2.67. The molecule has 0 bridgehead atoms. The van der Waals surface area contributed by atoms with Gasteiger partial charge in [-0.25, -0.2) is 0 Å². The Balaban J connectivity index is 2.07. The van der Waals surface area contributed by atoms with Crippen LogP contribution in [-0.2, 0) is 38.1 Å². The van der Waals surface area contributed by atoms with Crippen LogP contribution in [0.1, 0.15) is 66.2 Å². The van der Waals surface area contributed by atoms with Crippen molar-refractivity contribution in [3.05, 3.63) is 0 Å². The molecule has 9 nitrogen and oxygen atoms in total. The van der Waals surface area contributed by atoms with E-state index >= 15 is 0 Å². The quantitative estimate of drug-likeness (QED) is 0.309. The summed E-state index contributed by atoms with van der Waals surface area (Å²) in [6, 6.07) is -0.837. The Labute approximate surface area is 171 Å². The summed E-state index contributed by atoms with van der Waals surface area (Å²) in [7, 11) is 0. The monoisotopic (exact) mass is 415 g/mol. The summed E-state index contributed by atoms with van der Waals surface area (Å²) in [5.74, 6) is -2.72. The molecule has 5 atom stereocenters. The van der Waals surface area contributed by atoms with Crippen molar-refractivity contribution in [1.29, 1.82) is 0 Å². The van der Waals surface area contributed by atoms with Crippen molar-refractivity contribution in [3.8, 4) is 0 Å². The summed E-state index contributed by atoms with van der Waals surface area (Å²) < 4.78 is 28.0. The molecule has 1 amide bonds. The molecule has 2 fully saturated rings. The Morgan fingerprint density at radius 1 is 1.00 bits per heavy atom. The molecule has 0 aromatic heterocycles. The van der Waals surface area contributed by atoms with Crippen molar-refractivity contribution in [1.82, 2.24) is 5.32 Å². The van der Waals surface area contributed by atoms with Gasteiger partial charge in [0.25, 0.3) is 0 Å². The molecule has 1 N–H and O–H groups in total. The van der Waals surface area contributed by atoms with Crippen molar-refractivity contribution >= 4 is 17.8 Å². The van der Waals surface area contributed by atoms with Gasteiger partial charge in [-0.2, -0.15) is 0 Å². The van der Waals surface area contributed by atoms with E-state index in [1.165, 1.54) is 40.0 Å². The van der Waals surface area contributed by atoms with Gasteiger partial charge in [0, 0.05) is 27.4 Å². The normalized spacial score (nSPS) is 30.6. The van der Waals surface area contributed by atoms with Crippen LogP contribution in [0.4, 0.5) is 0 Å². The highest BCUT2D eigenvalue weighted by molar-refractivity contribution is 5.73. The van der Waals surface area contributed by atoms with Gasteiger partial charge in [-0.15, -0.1) is 0 Å². The predicted molar refractivity (Wildman–Crippen MR) is 102 cm³/mol. The van der Waals surface area contributed by atoms with Crippen LogP contribution >= 0.6 is 0 Å². The van der Waals surface area contributed by atoms with Gasteiger partial charge in [-0.05, 0) is 6.42 Å². The Morgan fingerprint density at radius 3 is 2.17 bits per heavy atom. The molecule has 2 aliphatic heterocycles. The maximum absolute atomic E-state index is 11.8. The van der Waals surface area contributed by atoms with Crippen LogP contribution in [0.25, 0.3) is 0 Å². The van der Waals surface area contributed by atoms with Gasteiger partial charge in [0.15, 0.2) is 18.5 Å². The van der Waals surface area contributed by atoms with Crippen LogP contribution < -0.4 is 5.32 Å². The topological polar surface area (TPSA) is 113 Å². The number of nitrogens with one attached hydrogen (secondary N) is 1. The largest absolute Gasteiger partial charge is 0.456 e. The molecule has 0 aliphatic carbocycles. The molecular weight excluding hydrogens is 382 g/mol. The van der Waals surface area contributed by atoms with E-state index in [2.05, 4.69) is 12.2 Å². The van der Waals surface area contributed by atoms with Crippen LogP contribution in [0.2, 0.25) is 0 Å². The maximum Gasteiger partial charge on any atom is 0.303 e. The van der Waals surface area contributed by atoms with Crippen molar-refractivity contribution in [3.63, 3.8) is 0 Å². The van der Waals surface area contributed by atoms with Gasteiger partial charge in [-0.3, -0.25) is 14.4 Å². The lowest BCUT2D eigenvalue weighted by Gasteiger charge is -2.44. The number of epoxide rings is 1. The van der Waals surface area contributed by atoms with E-state index in [9.17, 15) is 14.4 Å². The van der Waals surface area contributed by atoms with E-state index in [4.69, 9.17) is 23.7 Å². The summed E-state index contributed by atoms with van der Waals surface area (Å²) in [6.07, 6.45) is 3.72. The highest BCUT2D eigenvalue weighted by Crippen LogP contribution is 2.43. The zero-order valence-corrected chi connectivity index (χ0v) is 17.7. The van der Waals surface area contributed by atoms with E-state index < -0.39 is 42.3 Å². The Bertz CT molecular complexity index is 577. The molecule has 2 saturated heterocycles. The molecule has 2 heterocycles. The predicted octanol–water partition coefficient (Wildman–Crippen LogP) is 1.81. The van der Waals surface area contributed by atoms with Crippen LogP contribution in [-0.4, -0.2) is 61.4 Å². The minimum absolute atomic E-state index is 0.173. The molecule has 1 spiro atoms. The van der Waals surface area contributed by atoms with E-state index in [0.717, 1.165) is 19.3 Å². The lowest BCUT2D eigenvalue weighted by molar-refractivity contribution is -0.304. The molecule has 9 heteroatoms. The number of carbonyl (C=O) groups is 3. The molecule has 166 valence electrons. The second-order valence-corrected chi connectivity index (χ2v) is 7.56. The number of hydrogen-bond acceptors (Lipinski definition) is 8. The third-order valence-electron chi connectivity index (χ3n) is 4.87. The van der Waals surface area contributed by atoms with Crippen LogP contribution in [0, 0.1) is 0 Å². The molecule has 2 aliphatic rings. The summed E-state index contributed by atoms with van der Waals surface area (Å²) in [5.41, 5.74) is 0. The second-order valence-electron chi connectivity index (χ2n) is 7.56. The summed E-state index contributed by atoms with van der Waals surface area (Å²) in [4.78, 5) is 35.1. The fraction of sp³-hybridized carbons (Fsp3) is 0.850. The first kappa shape index (κ1) is 23.6. The third kappa shape index (κ3) is 6.94. The summed E-state index contributed by atoms with van der Waals surface area (Å²) in [5, 5.41) is 2.71. The zero-order chi connectivity index (χ0) is 21.4. The SMILES string of the molecule is CCCCCCCCO[C@@H]1OC2(CO2)[C@@H](OC(C)=O)[C@H](OC(C)=O)[C@H]1NC(C)=O. The highest BCUT2D eigenvalue weighted by Gasteiger charge is 2.67. The molecule has 0 aromatic carbocycles. The van der Waals surface area contributed by atoms with Gasteiger partial charge in [0.05, 0.1) is 0 Å². The number of hydrogen-bond donors (Lipinski definition) is 1. The average Bonchev–Trinajstić information content (AvgIpc) is 3.39. The smallest absolute Gasteiger partial charge is 0.303 e. The minimum Gasteiger partial charge on any atom is -0.456 e. The molecule has 1 unspecified atom stereocenters. The first-order valence-electron chi connectivity index (χ1n) is 10.3. The Kier molecular flexibility index (Phi) is 8.85. The van der Waals surface area contributed by atoms with Gasteiger partial charge >= 0.3 is 11.9 Å². The summed E-state index contributed by atoms with van der Waals surface area (Å²) >= 11 is 0. The number of amides is 1. The average molecular weight is 415 g/mol. The van der Waals surface area contributed by atoms with Crippen LogP contribution in [0.15, 0.2) is 0 Å². The van der Waals surface area contributed by atoms with E-state index in [1.807, 2.05) is 0 Å². The maximum atomic E-state index is 11.8. The number of rotatable bonds is 11. The van der Waals surface area contributed by atoms with Crippen molar-refractivity contribution < 1.29 is 38.1 Å². The van der Waals surface area contributed by atoms with Crippen molar-refractivity contribution in [2.45, 2.75) is 96.5 Å². The number of carbonyl (C=O) groups excluding carboxylic acids is 3. The first-order valence-corrected chi connectivity index (χ1v) is 10.3. The number of ether oxygens (including phenoxy) is 5. The summed E-state index contributed by atoms with van der Waals surface area (Å²) in [6.45, 7) is 6.60. The first-order chi connectivity index (χ1) is 13.8. The van der Waals surface area contributed by atoms with Crippen molar-refractivity contribution in [2.24, 2.45) is 0 Å². The molecule has 0 aromatic rings. The van der Waals surface area contributed by atoms with Crippen LogP contribution in [0.3, 0.4) is 0 Å².